The second-order valence-electron chi connectivity index (χ2n) is 7.10. The highest BCUT2D eigenvalue weighted by atomic mass is 16.5. The normalized spacial score (nSPS) is 15.8. The highest BCUT2D eigenvalue weighted by Gasteiger charge is 2.23. The van der Waals surface area contributed by atoms with E-state index in [2.05, 4.69) is 17.1 Å². The lowest BCUT2D eigenvalue weighted by atomic mass is 10.1. The van der Waals surface area contributed by atoms with Crippen molar-refractivity contribution >= 4 is 11.6 Å². The molecule has 1 unspecified atom stereocenters. The third kappa shape index (κ3) is 5.16. The summed E-state index contributed by atoms with van der Waals surface area (Å²) < 4.78 is 10.3. The Labute approximate surface area is 167 Å². The predicted molar refractivity (Wildman–Crippen MR) is 111 cm³/mol. The summed E-state index contributed by atoms with van der Waals surface area (Å²) in [6.07, 6.45) is 0. The molecule has 0 aromatic heterocycles. The standard InChI is InChI=1S/C22H29N3O3/c1-17(23-19-6-10-21(28-3)11-7-19)16-24-12-14-25(15-13-24)22(26)18-4-8-20(27-2)9-5-18/h4-11,17,23H,12-16H2,1-3H3. The number of nitrogens with zero attached hydrogens (tertiary/aromatic N) is 2. The number of methoxy groups -OCH3 is 2. The lowest BCUT2D eigenvalue weighted by Gasteiger charge is -2.36. The minimum atomic E-state index is 0.0895. The monoisotopic (exact) mass is 383 g/mol. The highest BCUT2D eigenvalue weighted by Crippen LogP contribution is 2.17. The van der Waals surface area contributed by atoms with Crippen molar-refractivity contribution in [2.75, 3.05) is 52.3 Å². The second-order valence-corrected chi connectivity index (χ2v) is 7.10. The van der Waals surface area contributed by atoms with E-state index in [4.69, 9.17) is 9.47 Å². The van der Waals surface area contributed by atoms with Crippen molar-refractivity contribution in [3.63, 3.8) is 0 Å². The van der Waals surface area contributed by atoms with Crippen LogP contribution in [0.4, 0.5) is 5.69 Å². The number of carbonyl (C=O) groups is 1. The van der Waals surface area contributed by atoms with Crippen molar-refractivity contribution in [3.8, 4) is 11.5 Å². The number of carbonyl (C=O) groups excluding carboxylic acids is 1. The topological polar surface area (TPSA) is 54.0 Å². The molecule has 0 saturated carbocycles. The van der Waals surface area contributed by atoms with Crippen LogP contribution in [-0.4, -0.2) is 68.7 Å². The molecule has 3 rings (SSSR count). The first-order chi connectivity index (χ1) is 13.6. The van der Waals surface area contributed by atoms with Crippen LogP contribution < -0.4 is 14.8 Å². The van der Waals surface area contributed by atoms with Gasteiger partial charge in [-0.05, 0) is 55.5 Å². The van der Waals surface area contributed by atoms with Crippen LogP contribution in [0.3, 0.4) is 0 Å². The molecule has 150 valence electrons. The molecule has 2 aromatic carbocycles. The molecule has 0 bridgehead atoms. The van der Waals surface area contributed by atoms with Crippen LogP contribution >= 0.6 is 0 Å². The molecule has 0 aliphatic carbocycles. The average molecular weight is 383 g/mol. The Morgan fingerprint density at radius 2 is 1.46 bits per heavy atom. The minimum absolute atomic E-state index is 0.0895. The number of nitrogens with one attached hydrogen (secondary N) is 1. The Kier molecular flexibility index (Phi) is 6.76. The summed E-state index contributed by atoms with van der Waals surface area (Å²) >= 11 is 0. The van der Waals surface area contributed by atoms with Crippen LogP contribution in [0.2, 0.25) is 0 Å². The van der Waals surface area contributed by atoms with Crippen molar-refractivity contribution < 1.29 is 14.3 Å². The minimum Gasteiger partial charge on any atom is -0.497 e. The van der Waals surface area contributed by atoms with E-state index >= 15 is 0 Å². The zero-order valence-corrected chi connectivity index (χ0v) is 16.9. The maximum Gasteiger partial charge on any atom is 0.253 e. The maximum atomic E-state index is 12.7. The zero-order valence-electron chi connectivity index (χ0n) is 16.9. The van der Waals surface area contributed by atoms with E-state index in [1.54, 1.807) is 14.2 Å². The summed E-state index contributed by atoms with van der Waals surface area (Å²) in [4.78, 5) is 17.0. The fraction of sp³-hybridized carbons (Fsp3) is 0.409. The van der Waals surface area contributed by atoms with Crippen molar-refractivity contribution in [2.24, 2.45) is 0 Å². The van der Waals surface area contributed by atoms with Crippen molar-refractivity contribution in [2.45, 2.75) is 13.0 Å². The van der Waals surface area contributed by atoms with Crippen molar-refractivity contribution in [1.29, 1.82) is 0 Å². The molecule has 1 saturated heterocycles. The summed E-state index contributed by atoms with van der Waals surface area (Å²) in [5.74, 6) is 1.71. The molecule has 0 spiro atoms. The molecule has 1 N–H and O–H groups in total. The number of piperazine rings is 1. The molecule has 1 heterocycles. The van der Waals surface area contributed by atoms with Gasteiger partial charge in [-0.15, -0.1) is 0 Å². The average Bonchev–Trinajstić information content (AvgIpc) is 2.74. The Bertz CT molecular complexity index is 754. The van der Waals surface area contributed by atoms with Gasteiger partial charge in [0.05, 0.1) is 14.2 Å². The summed E-state index contributed by atoms with van der Waals surface area (Å²) in [5, 5.41) is 3.52. The zero-order chi connectivity index (χ0) is 19.9. The Morgan fingerprint density at radius 3 is 2.00 bits per heavy atom. The third-order valence-electron chi connectivity index (χ3n) is 5.03. The Hall–Kier alpha value is -2.73. The van der Waals surface area contributed by atoms with E-state index in [1.807, 2.05) is 53.4 Å². The van der Waals surface area contributed by atoms with Gasteiger partial charge in [-0.1, -0.05) is 0 Å². The van der Waals surface area contributed by atoms with E-state index in [0.29, 0.717) is 11.6 Å². The van der Waals surface area contributed by atoms with Crippen LogP contribution in [0.25, 0.3) is 0 Å². The fourth-order valence-corrected chi connectivity index (χ4v) is 3.45. The van der Waals surface area contributed by atoms with Crippen molar-refractivity contribution in [3.05, 3.63) is 54.1 Å². The van der Waals surface area contributed by atoms with E-state index in [9.17, 15) is 4.79 Å². The van der Waals surface area contributed by atoms with Gasteiger partial charge in [-0.3, -0.25) is 9.69 Å². The van der Waals surface area contributed by atoms with Gasteiger partial charge in [0.1, 0.15) is 11.5 Å². The number of rotatable bonds is 7. The molecule has 1 aliphatic heterocycles. The molecule has 2 aromatic rings. The number of benzene rings is 2. The summed E-state index contributed by atoms with van der Waals surface area (Å²) in [7, 11) is 3.30. The Balaban J connectivity index is 1.45. The molecular weight excluding hydrogens is 354 g/mol. The van der Waals surface area contributed by atoms with E-state index in [-0.39, 0.29) is 5.91 Å². The fourth-order valence-electron chi connectivity index (χ4n) is 3.45. The smallest absolute Gasteiger partial charge is 0.253 e. The first-order valence-electron chi connectivity index (χ1n) is 9.65. The van der Waals surface area contributed by atoms with Gasteiger partial charge in [0, 0.05) is 50.0 Å². The first-order valence-corrected chi connectivity index (χ1v) is 9.65. The van der Waals surface area contributed by atoms with Crippen LogP contribution in [-0.2, 0) is 0 Å². The highest BCUT2D eigenvalue weighted by molar-refractivity contribution is 5.94. The van der Waals surface area contributed by atoms with Crippen LogP contribution in [0.15, 0.2) is 48.5 Å². The van der Waals surface area contributed by atoms with E-state index < -0.39 is 0 Å². The molecule has 1 amide bonds. The molecule has 1 aliphatic rings. The molecule has 1 fully saturated rings. The van der Waals surface area contributed by atoms with Gasteiger partial charge in [0.15, 0.2) is 0 Å². The van der Waals surface area contributed by atoms with Gasteiger partial charge in [0.25, 0.3) is 5.91 Å². The number of hydrogen-bond donors (Lipinski definition) is 1. The molecule has 6 heteroatoms. The first kappa shape index (κ1) is 20.0. The molecule has 0 radical (unpaired) electrons. The number of hydrogen-bond acceptors (Lipinski definition) is 5. The van der Waals surface area contributed by atoms with Crippen molar-refractivity contribution in [1.82, 2.24) is 9.80 Å². The summed E-state index contributed by atoms with van der Waals surface area (Å²) in [6.45, 7) is 6.39. The van der Waals surface area contributed by atoms with Gasteiger partial charge in [-0.2, -0.15) is 0 Å². The van der Waals surface area contributed by atoms with Gasteiger partial charge < -0.3 is 19.7 Å². The van der Waals surface area contributed by atoms with Gasteiger partial charge >= 0.3 is 0 Å². The number of ether oxygens (including phenoxy) is 2. The summed E-state index contributed by atoms with van der Waals surface area (Å²) in [6, 6.07) is 15.6. The van der Waals surface area contributed by atoms with Gasteiger partial charge in [-0.25, -0.2) is 0 Å². The lowest BCUT2D eigenvalue weighted by molar-refractivity contribution is 0.0634. The quantitative estimate of drug-likeness (QED) is 0.797. The van der Waals surface area contributed by atoms with E-state index in [1.165, 1.54) is 0 Å². The number of anilines is 1. The van der Waals surface area contributed by atoms with Crippen LogP contribution in [0.5, 0.6) is 11.5 Å². The largest absolute Gasteiger partial charge is 0.497 e. The maximum absolute atomic E-state index is 12.7. The van der Waals surface area contributed by atoms with Crippen LogP contribution in [0.1, 0.15) is 17.3 Å². The summed E-state index contributed by atoms with van der Waals surface area (Å²) in [5.41, 5.74) is 1.80. The second kappa shape index (κ2) is 9.46. The molecule has 1 atom stereocenters. The predicted octanol–water partition coefficient (Wildman–Crippen LogP) is 2.96. The van der Waals surface area contributed by atoms with Crippen LogP contribution in [0, 0.1) is 0 Å². The molecule has 6 nitrogen and oxygen atoms in total. The lowest BCUT2D eigenvalue weighted by Crippen LogP contribution is -2.50. The SMILES string of the molecule is COc1ccc(NC(C)CN2CCN(C(=O)c3ccc(OC)cc3)CC2)cc1. The third-order valence-corrected chi connectivity index (χ3v) is 5.03. The Morgan fingerprint density at radius 1 is 0.929 bits per heavy atom. The molecule has 28 heavy (non-hydrogen) atoms. The molecular formula is C22H29N3O3. The van der Waals surface area contributed by atoms with E-state index in [0.717, 1.165) is 49.9 Å². The van der Waals surface area contributed by atoms with Gasteiger partial charge in [0.2, 0.25) is 0 Å². The number of amides is 1.